The van der Waals surface area contributed by atoms with E-state index < -0.39 is 6.10 Å². The van der Waals surface area contributed by atoms with Gasteiger partial charge in [-0.15, -0.1) is 10.2 Å². The van der Waals surface area contributed by atoms with Crippen LogP contribution in [0.1, 0.15) is 70.1 Å². The summed E-state index contributed by atoms with van der Waals surface area (Å²) in [6, 6.07) is 0. The van der Waals surface area contributed by atoms with Gasteiger partial charge in [0.05, 0.1) is 6.10 Å². The molecule has 23 heavy (non-hydrogen) atoms. The highest BCUT2D eigenvalue weighted by molar-refractivity contribution is 5.76. The lowest BCUT2D eigenvalue weighted by Crippen LogP contribution is -2.31. The number of carbonyl (C=O) groups excluding carboxylic acids is 1. The molecule has 2 rings (SSSR count). The van der Waals surface area contributed by atoms with Gasteiger partial charge >= 0.3 is 0 Å². The lowest BCUT2D eigenvalue weighted by molar-refractivity contribution is -0.121. The van der Waals surface area contributed by atoms with Crippen LogP contribution in [0.2, 0.25) is 0 Å². The Bertz CT molecular complexity index is 469. The fraction of sp³-hybridized carbons (Fsp3) is 0.824. The van der Waals surface area contributed by atoms with Gasteiger partial charge in [0.25, 0.3) is 0 Å². The first-order valence-corrected chi connectivity index (χ1v) is 8.93. The summed E-state index contributed by atoms with van der Waals surface area (Å²) in [5, 5.41) is 20.2. The zero-order valence-electron chi connectivity index (χ0n) is 14.1. The van der Waals surface area contributed by atoms with Gasteiger partial charge in [-0.1, -0.05) is 39.0 Å². The van der Waals surface area contributed by atoms with Crippen LogP contribution in [0.5, 0.6) is 0 Å². The lowest BCUT2D eigenvalue weighted by atomic mass is 9.86. The molecular weight excluding hydrogens is 294 g/mol. The van der Waals surface area contributed by atoms with Gasteiger partial charge in [0, 0.05) is 25.8 Å². The number of hydrogen-bond donors (Lipinski definition) is 2. The molecule has 2 N–H and O–H groups in total. The van der Waals surface area contributed by atoms with E-state index in [2.05, 4.69) is 15.5 Å². The number of nitrogens with one attached hydrogen (secondary N) is 1. The number of aromatic nitrogens is 2. The van der Waals surface area contributed by atoms with E-state index in [0.29, 0.717) is 37.6 Å². The summed E-state index contributed by atoms with van der Waals surface area (Å²) in [4.78, 5) is 11.7. The summed E-state index contributed by atoms with van der Waals surface area (Å²) in [5.74, 6) is 1.91. The summed E-state index contributed by atoms with van der Waals surface area (Å²) >= 11 is 0. The molecule has 0 bridgehead atoms. The molecule has 130 valence electrons. The van der Waals surface area contributed by atoms with Gasteiger partial charge in [-0.05, 0) is 18.8 Å². The Morgan fingerprint density at radius 3 is 2.65 bits per heavy atom. The predicted octanol–water partition coefficient (Wildman–Crippen LogP) is 2.40. The third-order valence-electron chi connectivity index (χ3n) is 4.57. The van der Waals surface area contributed by atoms with Crippen molar-refractivity contribution in [3.8, 4) is 0 Å². The van der Waals surface area contributed by atoms with Crippen molar-refractivity contribution in [1.82, 2.24) is 15.5 Å². The van der Waals surface area contributed by atoms with Crippen LogP contribution in [0.4, 0.5) is 0 Å². The maximum absolute atomic E-state index is 11.7. The second-order valence-electron chi connectivity index (χ2n) is 6.50. The number of rotatable bonds is 9. The van der Waals surface area contributed by atoms with Crippen molar-refractivity contribution in [3.05, 3.63) is 11.8 Å². The van der Waals surface area contributed by atoms with Crippen LogP contribution < -0.4 is 5.32 Å². The Balaban J connectivity index is 1.64. The van der Waals surface area contributed by atoms with E-state index in [1.165, 1.54) is 32.1 Å². The lowest BCUT2D eigenvalue weighted by Gasteiger charge is -2.20. The quantitative estimate of drug-likeness (QED) is 0.728. The Labute approximate surface area is 138 Å². The van der Waals surface area contributed by atoms with Gasteiger partial charge in [-0.25, -0.2) is 0 Å². The number of aryl methyl sites for hydroxylation is 2. The number of hydrogen-bond acceptors (Lipinski definition) is 5. The Morgan fingerprint density at radius 2 is 1.96 bits per heavy atom. The summed E-state index contributed by atoms with van der Waals surface area (Å²) in [5.41, 5.74) is 0. The van der Waals surface area contributed by atoms with Crippen LogP contribution in [0.3, 0.4) is 0 Å². The van der Waals surface area contributed by atoms with E-state index in [1.807, 2.05) is 6.92 Å². The summed E-state index contributed by atoms with van der Waals surface area (Å²) < 4.78 is 5.62. The molecule has 6 nitrogen and oxygen atoms in total. The van der Waals surface area contributed by atoms with E-state index in [4.69, 9.17) is 4.42 Å². The van der Waals surface area contributed by atoms with Gasteiger partial charge in [0.15, 0.2) is 0 Å². The van der Waals surface area contributed by atoms with Crippen LogP contribution in [-0.2, 0) is 17.6 Å². The van der Waals surface area contributed by atoms with Crippen LogP contribution >= 0.6 is 0 Å². The molecule has 1 aromatic heterocycles. The molecule has 0 spiro atoms. The maximum Gasteiger partial charge on any atom is 0.220 e. The van der Waals surface area contributed by atoms with E-state index in [9.17, 15) is 9.90 Å². The third kappa shape index (κ3) is 6.69. The van der Waals surface area contributed by atoms with Crippen LogP contribution in [0.25, 0.3) is 0 Å². The highest BCUT2D eigenvalue weighted by Gasteiger charge is 2.15. The van der Waals surface area contributed by atoms with Crippen molar-refractivity contribution >= 4 is 5.91 Å². The molecule has 1 saturated carbocycles. The van der Waals surface area contributed by atoms with Gasteiger partial charge in [0.1, 0.15) is 0 Å². The van der Waals surface area contributed by atoms with Crippen LogP contribution in [0, 0.1) is 5.92 Å². The average molecular weight is 323 g/mol. The fourth-order valence-electron chi connectivity index (χ4n) is 2.98. The highest BCUT2D eigenvalue weighted by atomic mass is 16.4. The van der Waals surface area contributed by atoms with Gasteiger partial charge in [0.2, 0.25) is 17.7 Å². The van der Waals surface area contributed by atoms with Crippen molar-refractivity contribution in [2.24, 2.45) is 5.92 Å². The SMILES string of the molecule is CCC(O)CNC(=O)CCc1nnc(CCC2CCCCC2)o1. The minimum Gasteiger partial charge on any atom is -0.425 e. The van der Waals surface area contributed by atoms with E-state index in [0.717, 1.165) is 18.8 Å². The second kappa shape index (κ2) is 9.65. The van der Waals surface area contributed by atoms with Crippen LogP contribution in [0.15, 0.2) is 4.42 Å². The molecular formula is C17H29N3O3. The van der Waals surface area contributed by atoms with Crippen molar-refractivity contribution in [2.45, 2.75) is 77.2 Å². The Morgan fingerprint density at radius 1 is 1.26 bits per heavy atom. The smallest absolute Gasteiger partial charge is 0.220 e. The minimum atomic E-state index is -0.478. The number of aliphatic hydroxyl groups is 1. The Kier molecular flexibility index (Phi) is 7.52. The molecule has 6 heteroatoms. The summed E-state index contributed by atoms with van der Waals surface area (Å²) in [6.07, 6.45) is 9.59. The predicted molar refractivity (Wildman–Crippen MR) is 86.8 cm³/mol. The molecule has 1 aliphatic rings. The molecule has 0 radical (unpaired) electrons. The molecule has 0 aromatic carbocycles. The summed E-state index contributed by atoms with van der Waals surface area (Å²) in [7, 11) is 0. The molecule has 1 heterocycles. The third-order valence-corrected chi connectivity index (χ3v) is 4.57. The Hall–Kier alpha value is -1.43. The monoisotopic (exact) mass is 323 g/mol. The zero-order chi connectivity index (χ0) is 16.5. The largest absolute Gasteiger partial charge is 0.425 e. The topological polar surface area (TPSA) is 88.2 Å². The van der Waals surface area contributed by atoms with Crippen LogP contribution in [-0.4, -0.2) is 33.9 Å². The number of nitrogens with zero attached hydrogens (tertiary/aromatic N) is 2. The molecule has 1 unspecified atom stereocenters. The zero-order valence-corrected chi connectivity index (χ0v) is 14.1. The molecule has 0 saturated heterocycles. The van der Waals surface area contributed by atoms with Gasteiger partial charge in [-0.2, -0.15) is 0 Å². The molecule has 1 atom stereocenters. The molecule has 1 amide bonds. The van der Waals surface area contributed by atoms with Crippen molar-refractivity contribution in [3.63, 3.8) is 0 Å². The molecule has 1 aliphatic carbocycles. The van der Waals surface area contributed by atoms with E-state index in [1.54, 1.807) is 0 Å². The first kappa shape index (κ1) is 17.9. The van der Waals surface area contributed by atoms with E-state index in [-0.39, 0.29) is 5.91 Å². The molecule has 1 aromatic rings. The molecule has 0 aliphatic heterocycles. The molecule has 1 fully saturated rings. The number of amides is 1. The standard InChI is InChI=1S/C17H29N3O3/c1-2-14(21)12-18-15(22)9-11-17-20-19-16(23-17)10-8-13-6-4-3-5-7-13/h13-14,21H,2-12H2,1H3,(H,18,22). The first-order valence-electron chi connectivity index (χ1n) is 8.93. The number of carbonyl (C=O) groups is 1. The second-order valence-corrected chi connectivity index (χ2v) is 6.50. The van der Waals surface area contributed by atoms with Crippen molar-refractivity contribution in [1.29, 1.82) is 0 Å². The van der Waals surface area contributed by atoms with Gasteiger partial charge < -0.3 is 14.8 Å². The van der Waals surface area contributed by atoms with E-state index >= 15 is 0 Å². The normalized spacial score (nSPS) is 17.1. The van der Waals surface area contributed by atoms with Crippen molar-refractivity contribution < 1.29 is 14.3 Å². The fourth-order valence-corrected chi connectivity index (χ4v) is 2.98. The first-order chi connectivity index (χ1) is 11.2. The number of aliphatic hydroxyl groups excluding tert-OH is 1. The maximum atomic E-state index is 11.7. The summed E-state index contributed by atoms with van der Waals surface area (Å²) in [6.45, 7) is 2.18. The van der Waals surface area contributed by atoms with Gasteiger partial charge in [-0.3, -0.25) is 4.79 Å². The minimum absolute atomic E-state index is 0.0977. The average Bonchev–Trinajstić information content (AvgIpc) is 3.05. The highest BCUT2D eigenvalue weighted by Crippen LogP contribution is 2.27. The van der Waals surface area contributed by atoms with Crippen molar-refractivity contribution in [2.75, 3.05) is 6.54 Å².